The van der Waals surface area contributed by atoms with E-state index in [1.54, 1.807) is 40.9 Å². The number of benzene rings is 2. The minimum absolute atomic E-state index is 0.235. The van der Waals surface area contributed by atoms with Crippen LogP contribution in [0.1, 0.15) is 51.7 Å². The molecule has 168 valence electrons. The summed E-state index contributed by atoms with van der Waals surface area (Å²) >= 11 is 1.41. The lowest BCUT2D eigenvalue weighted by atomic mass is 9.73. The molecule has 2 aromatic carbocycles. The fraction of sp³-hybridized carbons (Fsp3) is 0.400. The Labute approximate surface area is 191 Å². The lowest BCUT2D eigenvalue weighted by Crippen LogP contribution is -2.58. The summed E-state index contributed by atoms with van der Waals surface area (Å²) in [5.41, 5.74) is 0.305. The number of ether oxygens (including phenoxy) is 3. The number of rotatable bonds is 5. The number of aryl methyl sites for hydroxylation is 1. The molecule has 0 radical (unpaired) electrons. The molecule has 0 unspecified atom stereocenters. The second-order valence-electron chi connectivity index (χ2n) is 8.91. The van der Waals surface area contributed by atoms with Crippen molar-refractivity contribution in [1.82, 2.24) is 4.98 Å². The van der Waals surface area contributed by atoms with Gasteiger partial charge in [0, 0.05) is 0 Å². The zero-order valence-electron chi connectivity index (χ0n) is 19.1. The number of hydrogen-bond donors (Lipinski definition) is 0. The van der Waals surface area contributed by atoms with Crippen molar-refractivity contribution in [2.24, 2.45) is 0 Å². The maximum absolute atomic E-state index is 13.3. The Hall–Kier alpha value is -2.77. The highest BCUT2D eigenvalue weighted by Crippen LogP contribution is 2.41. The fourth-order valence-electron chi connectivity index (χ4n) is 4.22. The molecule has 0 bridgehead atoms. The Morgan fingerprint density at radius 3 is 2.28 bits per heavy atom. The molecule has 0 spiro atoms. The third kappa shape index (κ3) is 3.91. The van der Waals surface area contributed by atoms with Gasteiger partial charge in [0.15, 0.2) is 11.6 Å². The summed E-state index contributed by atoms with van der Waals surface area (Å²) in [6.07, 6.45) is 0.690. The van der Waals surface area contributed by atoms with Gasteiger partial charge in [0.1, 0.15) is 28.6 Å². The highest BCUT2D eigenvalue weighted by molar-refractivity contribution is 7.20. The highest BCUT2D eigenvalue weighted by Gasteiger charge is 2.53. The van der Waals surface area contributed by atoms with E-state index < -0.39 is 17.1 Å². The van der Waals surface area contributed by atoms with E-state index >= 15 is 0 Å². The van der Waals surface area contributed by atoms with Gasteiger partial charge < -0.3 is 14.2 Å². The number of carbonyl (C=O) groups excluding carboxylic acids is 2. The third-order valence-corrected chi connectivity index (χ3v) is 6.71. The molecular weight excluding hydrogens is 426 g/mol. The molecule has 0 aliphatic carbocycles. The quantitative estimate of drug-likeness (QED) is 0.477. The van der Waals surface area contributed by atoms with E-state index in [0.29, 0.717) is 22.9 Å². The van der Waals surface area contributed by atoms with E-state index in [4.69, 9.17) is 14.2 Å². The first-order valence-corrected chi connectivity index (χ1v) is 11.4. The molecule has 7 heteroatoms. The van der Waals surface area contributed by atoms with E-state index in [9.17, 15) is 9.59 Å². The summed E-state index contributed by atoms with van der Waals surface area (Å²) < 4.78 is 18.1. The van der Waals surface area contributed by atoms with E-state index in [-0.39, 0.29) is 11.6 Å². The van der Waals surface area contributed by atoms with Crippen molar-refractivity contribution in [2.75, 3.05) is 7.11 Å². The summed E-state index contributed by atoms with van der Waals surface area (Å²) in [6, 6.07) is 11.2. The van der Waals surface area contributed by atoms with Crippen LogP contribution >= 0.6 is 11.3 Å². The van der Waals surface area contributed by atoms with Gasteiger partial charge in [-0.1, -0.05) is 24.3 Å². The number of carbonyl (C=O) groups is 2. The standard InChI is InChI=1S/C25H27NO5S/c1-7-14-8-9-16(30-23-26-18-11-10-15(29-6)13-19(18)32-23)12-17(14)20-21(27)24(2,3)31-25(4,5)22(20)28/h8-13,20H,7H2,1-6H3. The van der Waals surface area contributed by atoms with E-state index in [0.717, 1.165) is 21.5 Å². The Morgan fingerprint density at radius 1 is 1.00 bits per heavy atom. The highest BCUT2D eigenvalue weighted by atomic mass is 32.1. The molecule has 4 rings (SSSR count). The predicted molar refractivity (Wildman–Crippen MR) is 124 cm³/mol. The van der Waals surface area contributed by atoms with E-state index in [1.807, 2.05) is 37.3 Å². The normalized spacial score (nSPS) is 18.2. The molecule has 0 atom stereocenters. The Morgan fingerprint density at radius 2 is 1.66 bits per heavy atom. The van der Waals surface area contributed by atoms with Crippen LogP contribution in [0.3, 0.4) is 0 Å². The molecule has 1 aliphatic rings. The summed E-state index contributed by atoms with van der Waals surface area (Å²) in [7, 11) is 1.62. The van der Waals surface area contributed by atoms with Crippen molar-refractivity contribution in [3.8, 4) is 16.7 Å². The SMILES string of the molecule is CCc1ccc(Oc2nc3ccc(OC)cc3s2)cc1C1C(=O)C(C)(C)OC(C)(C)C1=O. The van der Waals surface area contributed by atoms with Crippen molar-refractivity contribution in [3.63, 3.8) is 0 Å². The Bertz CT molecular complexity index is 1180. The average Bonchev–Trinajstić information content (AvgIpc) is 3.13. The van der Waals surface area contributed by atoms with Crippen LogP contribution < -0.4 is 9.47 Å². The van der Waals surface area contributed by atoms with Gasteiger partial charge in [-0.05, 0) is 75.6 Å². The van der Waals surface area contributed by atoms with Gasteiger partial charge in [0.2, 0.25) is 0 Å². The molecule has 3 aromatic rings. The van der Waals surface area contributed by atoms with E-state index in [1.165, 1.54) is 11.3 Å². The Balaban J connectivity index is 1.73. The van der Waals surface area contributed by atoms with Gasteiger partial charge in [-0.15, -0.1) is 0 Å². The molecule has 6 nitrogen and oxygen atoms in total. The van der Waals surface area contributed by atoms with Crippen LogP contribution in [0, 0.1) is 0 Å². The van der Waals surface area contributed by atoms with Crippen molar-refractivity contribution in [2.45, 2.75) is 58.2 Å². The number of fused-ring (bicyclic) bond motifs is 1. The zero-order valence-corrected chi connectivity index (χ0v) is 20.0. The van der Waals surface area contributed by atoms with Crippen LogP contribution in [-0.4, -0.2) is 34.9 Å². The number of methoxy groups -OCH3 is 1. The van der Waals surface area contributed by atoms with E-state index in [2.05, 4.69) is 4.98 Å². The topological polar surface area (TPSA) is 74.7 Å². The lowest BCUT2D eigenvalue weighted by molar-refractivity contribution is -0.184. The van der Waals surface area contributed by atoms with Crippen LogP contribution in [0.5, 0.6) is 16.7 Å². The summed E-state index contributed by atoms with van der Waals surface area (Å²) in [6.45, 7) is 8.89. The van der Waals surface area contributed by atoms with Gasteiger partial charge in [0.25, 0.3) is 5.19 Å². The largest absolute Gasteiger partial charge is 0.497 e. The van der Waals surface area contributed by atoms with Gasteiger partial charge in [-0.25, -0.2) is 4.98 Å². The molecule has 0 amide bonds. The number of hydrogen-bond acceptors (Lipinski definition) is 7. The van der Waals surface area contributed by atoms with Gasteiger partial charge in [-0.2, -0.15) is 0 Å². The van der Waals surface area contributed by atoms with Crippen molar-refractivity contribution < 1.29 is 23.8 Å². The fourth-order valence-corrected chi connectivity index (χ4v) is 5.08. The van der Waals surface area contributed by atoms with Gasteiger partial charge in [0.05, 0.1) is 17.3 Å². The first-order chi connectivity index (χ1) is 15.1. The molecule has 0 saturated carbocycles. The number of Topliss-reactive ketones (excluding diaryl/α,β-unsaturated/α-hetero) is 2. The van der Waals surface area contributed by atoms with Crippen LogP contribution in [0.2, 0.25) is 0 Å². The molecule has 1 saturated heterocycles. The first-order valence-electron chi connectivity index (χ1n) is 10.6. The molecule has 1 aromatic heterocycles. The summed E-state index contributed by atoms with van der Waals surface area (Å²) in [5.74, 6) is -0.0802. The molecule has 0 N–H and O–H groups in total. The molecule has 2 heterocycles. The monoisotopic (exact) mass is 453 g/mol. The predicted octanol–water partition coefficient (Wildman–Crippen LogP) is 5.47. The number of thiazole rings is 1. The molecule has 1 aliphatic heterocycles. The molecule has 32 heavy (non-hydrogen) atoms. The number of nitrogens with zero attached hydrogens (tertiary/aromatic N) is 1. The van der Waals surface area contributed by atoms with Crippen molar-refractivity contribution >= 4 is 33.1 Å². The number of ketones is 2. The van der Waals surface area contributed by atoms with Crippen LogP contribution in [0.15, 0.2) is 36.4 Å². The van der Waals surface area contributed by atoms with Crippen LogP contribution in [0.25, 0.3) is 10.2 Å². The summed E-state index contributed by atoms with van der Waals surface area (Å²) in [4.78, 5) is 31.0. The lowest BCUT2D eigenvalue weighted by Gasteiger charge is -2.43. The molecular formula is C25H27NO5S. The second kappa shape index (κ2) is 7.98. The smallest absolute Gasteiger partial charge is 0.279 e. The summed E-state index contributed by atoms with van der Waals surface area (Å²) in [5, 5.41) is 0.480. The first kappa shape index (κ1) is 22.4. The maximum Gasteiger partial charge on any atom is 0.279 e. The minimum atomic E-state index is -1.06. The zero-order chi connectivity index (χ0) is 23.3. The van der Waals surface area contributed by atoms with Crippen molar-refractivity contribution in [3.05, 3.63) is 47.5 Å². The average molecular weight is 454 g/mol. The Kier molecular flexibility index (Phi) is 5.59. The molecule has 1 fully saturated rings. The van der Waals surface area contributed by atoms with Gasteiger partial charge >= 0.3 is 0 Å². The second-order valence-corrected chi connectivity index (χ2v) is 9.91. The third-order valence-electron chi connectivity index (χ3n) is 5.81. The van der Waals surface area contributed by atoms with Crippen LogP contribution in [-0.2, 0) is 20.7 Å². The van der Waals surface area contributed by atoms with Gasteiger partial charge in [-0.3, -0.25) is 9.59 Å². The van der Waals surface area contributed by atoms with Crippen molar-refractivity contribution in [1.29, 1.82) is 0 Å². The minimum Gasteiger partial charge on any atom is -0.497 e. The maximum atomic E-state index is 13.3. The van der Waals surface area contributed by atoms with Crippen LogP contribution in [0.4, 0.5) is 0 Å². The number of aromatic nitrogens is 1.